The molecule has 4 nitrogen and oxygen atoms in total. The van der Waals surface area contributed by atoms with Crippen LogP contribution in [0.5, 0.6) is 0 Å². The maximum absolute atomic E-state index is 5.84. The fraction of sp³-hybridized carbons (Fsp3) is 0.250. The van der Waals surface area contributed by atoms with Crippen LogP contribution in [0, 0.1) is 20.8 Å². The Bertz CT molecular complexity index is 531. The summed E-state index contributed by atoms with van der Waals surface area (Å²) in [5, 5.41) is 1.44. The Balaban J connectivity index is 2.34. The van der Waals surface area contributed by atoms with E-state index in [1.807, 2.05) is 32.9 Å². The van der Waals surface area contributed by atoms with Gasteiger partial charge in [-0.2, -0.15) is 0 Å². The molecule has 2 rings (SSSR count). The molecule has 0 aromatic carbocycles. The summed E-state index contributed by atoms with van der Waals surface area (Å²) >= 11 is 1.39. The van der Waals surface area contributed by atoms with Crippen molar-refractivity contribution in [2.45, 2.75) is 31.0 Å². The van der Waals surface area contributed by atoms with Crippen LogP contribution in [0.15, 0.2) is 28.5 Å². The second kappa shape index (κ2) is 4.71. The Morgan fingerprint density at radius 3 is 2.35 bits per heavy atom. The number of rotatable bonds is 2. The summed E-state index contributed by atoms with van der Waals surface area (Å²) in [4.78, 5) is 13.1. The Labute approximate surface area is 105 Å². The van der Waals surface area contributed by atoms with Crippen LogP contribution in [-0.4, -0.2) is 15.0 Å². The van der Waals surface area contributed by atoms with Crippen molar-refractivity contribution in [2.24, 2.45) is 0 Å². The Morgan fingerprint density at radius 1 is 1.12 bits per heavy atom. The van der Waals surface area contributed by atoms with Gasteiger partial charge in [0.05, 0.1) is 5.69 Å². The molecule has 0 aliphatic rings. The topological polar surface area (TPSA) is 64.7 Å². The van der Waals surface area contributed by atoms with E-state index >= 15 is 0 Å². The number of nitrogens with zero attached hydrogens (tertiary/aromatic N) is 3. The molecule has 0 spiro atoms. The lowest BCUT2D eigenvalue weighted by atomic mass is 10.2. The van der Waals surface area contributed by atoms with E-state index in [2.05, 4.69) is 15.0 Å². The van der Waals surface area contributed by atoms with Crippen LogP contribution in [0.3, 0.4) is 0 Å². The quantitative estimate of drug-likeness (QED) is 0.825. The summed E-state index contributed by atoms with van der Waals surface area (Å²) in [7, 11) is 0. The van der Waals surface area contributed by atoms with Crippen molar-refractivity contribution in [1.82, 2.24) is 15.0 Å². The van der Waals surface area contributed by atoms with Crippen LogP contribution in [-0.2, 0) is 0 Å². The molecule has 17 heavy (non-hydrogen) atoms. The zero-order chi connectivity index (χ0) is 12.4. The highest BCUT2D eigenvalue weighted by atomic mass is 32.2. The van der Waals surface area contributed by atoms with Crippen LogP contribution in [0.2, 0.25) is 0 Å². The Kier molecular flexibility index (Phi) is 3.28. The molecule has 0 amide bonds. The van der Waals surface area contributed by atoms with Gasteiger partial charge in [-0.15, -0.1) is 0 Å². The molecule has 5 heteroatoms. The van der Waals surface area contributed by atoms with Gasteiger partial charge < -0.3 is 5.73 Å². The lowest BCUT2D eigenvalue weighted by molar-refractivity contribution is 0.878. The highest BCUT2D eigenvalue weighted by Gasteiger charge is 2.08. The van der Waals surface area contributed by atoms with Crippen LogP contribution in [0.25, 0.3) is 0 Å². The number of anilines is 1. The van der Waals surface area contributed by atoms with Crippen molar-refractivity contribution < 1.29 is 0 Å². The summed E-state index contributed by atoms with van der Waals surface area (Å²) < 4.78 is 0. The number of hydrogen-bond donors (Lipinski definition) is 1. The number of aryl methyl sites for hydroxylation is 2. The third-order valence-electron chi connectivity index (χ3n) is 2.60. The predicted octanol–water partition coefficient (Wildman–Crippen LogP) is 2.53. The second-order valence-electron chi connectivity index (χ2n) is 3.80. The minimum absolute atomic E-state index is 0.650. The molecule has 2 heterocycles. The van der Waals surface area contributed by atoms with E-state index in [9.17, 15) is 0 Å². The molecule has 0 aliphatic carbocycles. The third kappa shape index (κ3) is 2.55. The van der Waals surface area contributed by atoms with E-state index in [4.69, 9.17) is 5.73 Å². The summed E-state index contributed by atoms with van der Waals surface area (Å²) in [5.41, 5.74) is 9.60. The maximum atomic E-state index is 5.84. The number of hydrogen-bond acceptors (Lipinski definition) is 5. The van der Waals surface area contributed by atoms with E-state index in [0.29, 0.717) is 10.8 Å². The van der Waals surface area contributed by atoms with Crippen molar-refractivity contribution in [3.8, 4) is 0 Å². The molecule has 0 saturated heterocycles. The number of pyridine rings is 1. The Morgan fingerprint density at radius 2 is 1.76 bits per heavy atom. The van der Waals surface area contributed by atoms with Gasteiger partial charge in [0.25, 0.3) is 0 Å². The van der Waals surface area contributed by atoms with Crippen LogP contribution >= 0.6 is 11.8 Å². The van der Waals surface area contributed by atoms with Crippen molar-refractivity contribution in [2.75, 3.05) is 5.73 Å². The van der Waals surface area contributed by atoms with E-state index < -0.39 is 0 Å². The summed E-state index contributed by atoms with van der Waals surface area (Å²) in [6.45, 7) is 5.99. The first-order valence-electron chi connectivity index (χ1n) is 5.28. The zero-order valence-electron chi connectivity index (χ0n) is 10.1. The van der Waals surface area contributed by atoms with E-state index in [1.165, 1.54) is 11.8 Å². The monoisotopic (exact) mass is 246 g/mol. The first-order valence-corrected chi connectivity index (χ1v) is 6.09. The van der Waals surface area contributed by atoms with E-state index in [-0.39, 0.29) is 0 Å². The van der Waals surface area contributed by atoms with Crippen LogP contribution in [0.1, 0.15) is 17.0 Å². The molecule has 0 fully saturated rings. The van der Waals surface area contributed by atoms with Gasteiger partial charge in [-0.25, -0.2) is 15.0 Å². The molecule has 0 atom stereocenters. The number of nitrogen functional groups attached to an aromatic ring is 1. The summed E-state index contributed by atoms with van der Waals surface area (Å²) in [6.07, 6.45) is 1.71. The zero-order valence-corrected chi connectivity index (χ0v) is 10.9. The number of nitrogens with two attached hydrogens (primary N) is 1. The van der Waals surface area contributed by atoms with Gasteiger partial charge in [0.1, 0.15) is 5.03 Å². The first kappa shape index (κ1) is 11.9. The Hall–Kier alpha value is -1.62. The predicted molar refractivity (Wildman–Crippen MR) is 69.0 cm³/mol. The van der Waals surface area contributed by atoms with Crippen molar-refractivity contribution >= 4 is 17.4 Å². The minimum atomic E-state index is 0.650. The minimum Gasteiger partial charge on any atom is -0.397 e. The summed E-state index contributed by atoms with van der Waals surface area (Å²) in [6, 6.07) is 3.63. The highest BCUT2D eigenvalue weighted by Crippen LogP contribution is 2.28. The van der Waals surface area contributed by atoms with Crippen LogP contribution < -0.4 is 5.73 Å². The van der Waals surface area contributed by atoms with Gasteiger partial charge in [0, 0.05) is 17.6 Å². The molecule has 0 radical (unpaired) electrons. The smallest absolute Gasteiger partial charge is 0.194 e. The van der Waals surface area contributed by atoms with Gasteiger partial charge in [0.2, 0.25) is 0 Å². The van der Waals surface area contributed by atoms with Gasteiger partial charge in [-0.05, 0) is 50.2 Å². The van der Waals surface area contributed by atoms with E-state index in [0.717, 1.165) is 22.0 Å². The van der Waals surface area contributed by atoms with Gasteiger partial charge in [-0.3, -0.25) is 0 Å². The molecule has 0 saturated carbocycles. The summed E-state index contributed by atoms with van der Waals surface area (Å²) in [5.74, 6) is 0. The fourth-order valence-corrected chi connectivity index (χ4v) is 2.20. The van der Waals surface area contributed by atoms with Crippen molar-refractivity contribution in [3.05, 3.63) is 35.3 Å². The van der Waals surface area contributed by atoms with Crippen molar-refractivity contribution in [3.63, 3.8) is 0 Å². The lowest BCUT2D eigenvalue weighted by Gasteiger charge is -2.07. The number of aromatic nitrogens is 3. The molecule has 2 N–H and O–H groups in total. The average molecular weight is 246 g/mol. The molecule has 2 aromatic rings. The largest absolute Gasteiger partial charge is 0.397 e. The maximum Gasteiger partial charge on any atom is 0.194 e. The molecule has 88 valence electrons. The van der Waals surface area contributed by atoms with E-state index in [1.54, 1.807) is 6.20 Å². The molecule has 0 aliphatic heterocycles. The van der Waals surface area contributed by atoms with Gasteiger partial charge >= 0.3 is 0 Å². The third-order valence-corrected chi connectivity index (χ3v) is 3.50. The van der Waals surface area contributed by atoms with Gasteiger partial charge in [-0.1, -0.05) is 0 Å². The molecular weight excluding hydrogens is 232 g/mol. The SMILES string of the molecule is Cc1nc(Sc2ncccc2N)nc(C)c1C. The average Bonchev–Trinajstić information content (AvgIpc) is 2.29. The lowest BCUT2D eigenvalue weighted by Crippen LogP contribution is -1.99. The van der Waals surface area contributed by atoms with Gasteiger partial charge in [0.15, 0.2) is 5.16 Å². The highest BCUT2D eigenvalue weighted by molar-refractivity contribution is 7.99. The fourth-order valence-electron chi connectivity index (χ4n) is 1.36. The second-order valence-corrected chi connectivity index (χ2v) is 4.76. The van der Waals surface area contributed by atoms with Crippen LogP contribution in [0.4, 0.5) is 5.69 Å². The standard InChI is InChI=1S/C12H14N4S/c1-7-8(2)15-12(16-9(7)3)17-11-10(13)5-4-6-14-11/h4-6H,13H2,1-3H3. The molecule has 2 aromatic heterocycles. The first-order chi connectivity index (χ1) is 8.08. The normalized spacial score (nSPS) is 10.5. The molecular formula is C12H14N4S. The molecule has 0 bridgehead atoms. The van der Waals surface area contributed by atoms with Crippen molar-refractivity contribution in [1.29, 1.82) is 0 Å². The molecule has 0 unspecified atom stereocenters.